The normalized spacial score (nSPS) is 16.2. The molecule has 2 aromatic carbocycles. The zero-order valence-electron chi connectivity index (χ0n) is 28.1. The molecule has 0 spiro atoms. The number of nitrogens with two attached hydrogens (primary N) is 1. The lowest BCUT2D eigenvalue weighted by molar-refractivity contribution is -0.151. The number of hydrogen-bond acceptors (Lipinski definition) is 8. The SMILES string of the molecule is CC(N)=N[C@@H](Cc1ccc(O)cc1)C(=O)N[C@H](CCS(C)=O)C(=O)N[C@@H](Cc1ccccc1)C(=O)N(C)CCC(=O)OC1CCCCC1. The molecule has 48 heavy (non-hydrogen) atoms. The van der Waals surface area contributed by atoms with Gasteiger partial charge < -0.3 is 31.1 Å². The molecule has 3 rings (SSSR count). The first kappa shape index (κ1) is 38.2. The van der Waals surface area contributed by atoms with Gasteiger partial charge in [-0.2, -0.15) is 0 Å². The summed E-state index contributed by atoms with van der Waals surface area (Å²) in [5.41, 5.74) is 7.35. The zero-order chi connectivity index (χ0) is 35.1. The van der Waals surface area contributed by atoms with Gasteiger partial charge in [0, 0.05) is 49.2 Å². The van der Waals surface area contributed by atoms with Crippen molar-refractivity contribution in [2.45, 2.75) is 88.9 Å². The van der Waals surface area contributed by atoms with E-state index in [1.54, 1.807) is 26.1 Å². The monoisotopic (exact) mass is 683 g/mol. The molecule has 0 aliphatic heterocycles. The van der Waals surface area contributed by atoms with E-state index in [-0.39, 0.29) is 61.6 Å². The van der Waals surface area contributed by atoms with Crippen LogP contribution in [0.1, 0.15) is 63.0 Å². The average molecular weight is 684 g/mol. The van der Waals surface area contributed by atoms with Crippen molar-refractivity contribution in [2.75, 3.05) is 25.6 Å². The topological polar surface area (TPSA) is 180 Å². The lowest BCUT2D eigenvalue weighted by Crippen LogP contribution is -2.56. The Morgan fingerprint density at radius 3 is 2.21 bits per heavy atom. The number of amides is 3. The molecule has 1 aliphatic rings. The first-order chi connectivity index (χ1) is 22.9. The minimum absolute atomic E-state index is 0.0231. The smallest absolute Gasteiger partial charge is 0.307 e. The molecule has 0 heterocycles. The van der Waals surface area contributed by atoms with Crippen molar-refractivity contribution < 1.29 is 33.2 Å². The van der Waals surface area contributed by atoms with Crippen LogP contribution in [0, 0.1) is 0 Å². The number of phenols is 1. The maximum absolute atomic E-state index is 13.8. The van der Waals surface area contributed by atoms with E-state index in [9.17, 15) is 28.5 Å². The van der Waals surface area contributed by atoms with Crippen molar-refractivity contribution in [1.29, 1.82) is 0 Å². The highest BCUT2D eigenvalue weighted by atomic mass is 32.2. The van der Waals surface area contributed by atoms with Crippen LogP contribution in [0.5, 0.6) is 5.75 Å². The first-order valence-corrected chi connectivity index (χ1v) is 18.1. The van der Waals surface area contributed by atoms with Crippen LogP contribution >= 0.6 is 0 Å². The second-order valence-corrected chi connectivity index (χ2v) is 13.8. The summed E-state index contributed by atoms with van der Waals surface area (Å²) >= 11 is 0. The molecular formula is C35H49N5O7S. The number of hydrogen-bond donors (Lipinski definition) is 4. The maximum atomic E-state index is 13.8. The number of ether oxygens (including phenoxy) is 1. The fourth-order valence-electron chi connectivity index (χ4n) is 5.50. The minimum Gasteiger partial charge on any atom is -0.508 e. The fraction of sp³-hybridized carbons (Fsp3) is 0.514. The van der Waals surface area contributed by atoms with Gasteiger partial charge >= 0.3 is 5.97 Å². The Morgan fingerprint density at radius 2 is 1.58 bits per heavy atom. The Balaban J connectivity index is 1.75. The predicted octanol–water partition coefficient (Wildman–Crippen LogP) is 2.39. The van der Waals surface area contributed by atoms with Crippen molar-refractivity contribution in [3.8, 4) is 5.75 Å². The van der Waals surface area contributed by atoms with Gasteiger partial charge in [-0.05, 0) is 62.3 Å². The molecule has 1 fully saturated rings. The Kier molecular flexibility index (Phi) is 15.5. The summed E-state index contributed by atoms with van der Waals surface area (Å²) in [7, 11) is 0.307. The molecular weight excluding hydrogens is 634 g/mol. The third-order valence-electron chi connectivity index (χ3n) is 8.13. The quantitative estimate of drug-likeness (QED) is 0.111. The number of aromatic hydroxyl groups is 1. The van der Waals surface area contributed by atoms with E-state index in [2.05, 4.69) is 15.6 Å². The standard InChI is InChI=1S/C35H49N5O7S/c1-24(36)37-30(22-26-14-16-27(41)17-15-26)34(44)38-29(19-21-48(3)46)33(43)39-31(23-25-10-6-4-7-11-25)35(45)40(2)20-18-32(42)47-28-12-8-5-9-13-28/h4,6-7,10-11,14-17,28-31,41H,5,8-9,12-13,18-23H2,1-3H3,(H2,36,37)(H,38,44)(H,39,43)/t29-,30+,31+,48?/m1/s1. The van der Waals surface area contributed by atoms with Gasteiger partial charge in [0.15, 0.2) is 0 Å². The predicted molar refractivity (Wildman–Crippen MR) is 186 cm³/mol. The van der Waals surface area contributed by atoms with Crippen LogP contribution in [0.4, 0.5) is 0 Å². The number of nitrogens with zero attached hydrogens (tertiary/aromatic N) is 2. The van der Waals surface area contributed by atoms with Gasteiger partial charge in [-0.25, -0.2) is 0 Å². The van der Waals surface area contributed by atoms with Crippen molar-refractivity contribution in [2.24, 2.45) is 10.7 Å². The molecule has 2 aromatic rings. The molecule has 1 unspecified atom stereocenters. The van der Waals surface area contributed by atoms with E-state index in [1.807, 2.05) is 30.3 Å². The van der Waals surface area contributed by atoms with Gasteiger partial charge in [-0.1, -0.05) is 48.9 Å². The van der Waals surface area contributed by atoms with Crippen molar-refractivity contribution in [1.82, 2.24) is 15.5 Å². The van der Waals surface area contributed by atoms with Gasteiger partial charge in [0.2, 0.25) is 17.7 Å². The average Bonchev–Trinajstić information content (AvgIpc) is 3.06. The van der Waals surface area contributed by atoms with E-state index in [0.717, 1.165) is 37.7 Å². The number of carbonyl (C=O) groups excluding carboxylic acids is 4. The number of carbonyl (C=O) groups is 4. The van der Waals surface area contributed by atoms with Crippen LogP contribution in [-0.4, -0.2) is 93.6 Å². The summed E-state index contributed by atoms with van der Waals surface area (Å²) in [5.74, 6) is -1.59. The maximum Gasteiger partial charge on any atom is 0.307 e. The molecule has 1 aliphatic carbocycles. The minimum atomic E-state index is -1.26. The van der Waals surface area contributed by atoms with Gasteiger partial charge in [-0.3, -0.25) is 28.4 Å². The Bertz CT molecular complexity index is 1410. The second kappa shape index (κ2) is 19.5. The van der Waals surface area contributed by atoms with E-state index >= 15 is 0 Å². The highest BCUT2D eigenvalue weighted by Crippen LogP contribution is 2.21. The summed E-state index contributed by atoms with van der Waals surface area (Å²) in [6.45, 7) is 1.66. The number of esters is 1. The molecule has 262 valence electrons. The molecule has 0 bridgehead atoms. The Morgan fingerprint density at radius 1 is 0.958 bits per heavy atom. The second-order valence-electron chi connectivity index (χ2n) is 12.3. The summed E-state index contributed by atoms with van der Waals surface area (Å²) in [6, 6.07) is 12.4. The van der Waals surface area contributed by atoms with E-state index in [4.69, 9.17) is 10.5 Å². The third kappa shape index (κ3) is 13.5. The number of benzene rings is 2. The molecule has 4 atom stereocenters. The lowest BCUT2D eigenvalue weighted by Gasteiger charge is -2.27. The molecule has 5 N–H and O–H groups in total. The van der Waals surface area contributed by atoms with Crippen LogP contribution in [-0.2, 0) is 47.6 Å². The third-order valence-corrected chi connectivity index (χ3v) is 8.94. The molecule has 0 aromatic heterocycles. The van der Waals surface area contributed by atoms with Gasteiger partial charge in [0.05, 0.1) is 12.3 Å². The summed E-state index contributed by atoms with van der Waals surface area (Å²) in [5, 5.41) is 15.2. The van der Waals surface area contributed by atoms with Crippen LogP contribution in [0.2, 0.25) is 0 Å². The molecule has 3 amide bonds. The molecule has 1 saturated carbocycles. The summed E-state index contributed by atoms with van der Waals surface area (Å²) in [6.07, 6.45) is 6.72. The molecule has 12 nitrogen and oxygen atoms in total. The fourth-order valence-corrected chi connectivity index (χ4v) is 6.07. The van der Waals surface area contributed by atoms with E-state index in [0.29, 0.717) is 5.56 Å². The highest BCUT2D eigenvalue weighted by Gasteiger charge is 2.31. The largest absolute Gasteiger partial charge is 0.508 e. The number of phenolic OH excluding ortho intramolecular Hbond substituents is 1. The number of aliphatic imine (C=N–C) groups is 1. The van der Waals surface area contributed by atoms with Gasteiger partial charge in [0.1, 0.15) is 30.0 Å². The molecule has 0 saturated heterocycles. The molecule has 13 heteroatoms. The molecule has 0 radical (unpaired) electrons. The van der Waals surface area contributed by atoms with E-state index < -0.39 is 46.6 Å². The number of likely N-dealkylation sites (N-methyl/N-ethyl adjacent to an activating group) is 1. The van der Waals surface area contributed by atoms with Crippen LogP contribution in [0.15, 0.2) is 59.6 Å². The Labute approximate surface area is 285 Å². The summed E-state index contributed by atoms with van der Waals surface area (Å²) in [4.78, 5) is 59.2. The Hall–Kier alpha value is -4.26. The van der Waals surface area contributed by atoms with Crippen LogP contribution < -0.4 is 16.4 Å². The van der Waals surface area contributed by atoms with Gasteiger partial charge in [-0.15, -0.1) is 0 Å². The summed E-state index contributed by atoms with van der Waals surface area (Å²) < 4.78 is 17.6. The lowest BCUT2D eigenvalue weighted by atomic mass is 9.98. The number of rotatable bonds is 17. The van der Waals surface area contributed by atoms with Crippen molar-refractivity contribution in [3.63, 3.8) is 0 Å². The van der Waals surface area contributed by atoms with Crippen LogP contribution in [0.25, 0.3) is 0 Å². The highest BCUT2D eigenvalue weighted by molar-refractivity contribution is 7.84. The number of nitrogens with one attached hydrogen (secondary N) is 2. The van der Waals surface area contributed by atoms with Crippen molar-refractivity contribution >= 4 is 40.3 Å². The van der Waals surface area contributed by atoms with Crippen molar-refractivity contribution in [3.05, 3.63) is 65.7 Å². The van der Waals surface area contributed by atoms with Gasteiger partial charge in [0.25, 0.3) is 0 Å². The number of amidine groups is 1. The zero-order valence-corrected chi connectivity index (χ0v) is 28.9. The first-order valence-electron chi connectivity index (χ1n) is 16.4. The van der Waals surface area contributed by atoms with Crippen LogP contribution in [0.3, 0.4) is 0 Å². The van der Waals surface area contributed by atoms with E-state index in [1.165, 1.54) is 23.3 Å².